The van der Waals surface area contributed by atoms with E-state index in [1.54, 1.807) is 30.3 Å². The zero-order chi connectivity index (χ0) is 19.9. The SMILES string of the molecule is CCCC[C@H](NC(=O)c1cccc(CS(=O)(=O)c2ccccc2)c1)C(=O)O. The average Bonchev–Trinajstić information content (AvgIpc) is 2.65. The Morgan fingerprint density at radius 3 is 2.41 bits per heavy atom. The molecule has 2 aromatic carbocycles. The van der Waals surface area contributed by atoms with E-state index >= 15 is 0 Å². The van der Waals surface area contributed by atoms with Crippen molar-refractivity contribution in [2.24, 2.45) is 0 Å². The maximum Gasteiger partial charge on any atom is 0.326 e. The van der Waals surface area contributed by atoms with Crippen LogP contribution in [0.1, 0.15) is 42.1 Å². The minimum atomic E-state index is -3.53. The lowest BCUT2D eigenvalue weighted by Crippen LogP contribution is -2.40. The molecule has 0 radical (unpaired) electrons. The highest BCUT2D eigenvalue weighted by Crippen LogP contribution is 2.17. The third kappa shape index (κ3) is 5.92. The fourth-order valence-corrected chi connectivity index (χ4v) is 4.00. The van der Waals surface area contributed by atoms with E-state index in [1.165, 1.54) is 24.3 Å². The minimum absolute atomic E-state index is 0.213. The molecule has 1 atom stereocenters. The van der Waals surface area contributed by atoms with Gasteiger partial charge in [0.1, 0.15) is 6.04 Å². The molecule has 27 heavy (non-hydrogen) atoms. The number of hydrogen-bond acceptors (Lipinski definition) is 4. The number of carboxylic acid groups (broad SMARTS) is 1. The lowest BCUT2D eigenvalue weighted by molar-refractivity contribution is -0.139. The molecule has 2 N–H and O–H groups in total. The normalized spacial score (nSPS) is 12.3. The first kappa shape index (κ1) is 20.6. The minimum Gasteiger partial charge on any atom is -0.480 e. The fourth-order valence-electron chi connectivity index (χ4n) is 2.64. The maximum atomic E-state index is 12.5. The molecule has 0 spiro atoms. The largest absolute Gasteiger partial charge is 0.480 e. The first-order valence-corrected chi connectivity index (χ1v) is 10.4. The van der Waals surface area contributed by atoms with Gasteiger partial charge in [-0.2, -0.15) is 0 Å². The van der Waals surface area contributed by atoms with Crippen molar-refractivity contribution in [2.75, 3.05) is 0 Å². The molecule has 0 aromatic heterocycles. The summed E-state index contributed by atoms with van der Waals surface area (Å²) in [5, 5.41) is 11.7. The Bertz CT molecular complexity index is 894. The third-order valence-electron chi connectivity index (χ3n) is 4.10. The second kappa shape index (κ2) is 9.32. The Balaban J connectivity index is 2.14. The van der Waals surface area contributed by atoms with Gasteiger partial charge >= 0.3 is 5.97 Å². The van der Waals surface area contributed by atoms with Crippen molar-refractivity contribution < 1.29 is 23.1 Å². The molecule has 0 saturated carbocycles. The summed E-state index contributed by atoms with van der Waals surface area (Å²) in [6.45, 7) is 1.94. The Labute approximate surface area is 159 Å². The highest BCUT2D eigenvalue weighted by Gasteiger charge is 2.21. The van der Waals surface area contributed by atoms with Crippen LogP contribution < -0.4 is 5.32 Å². The van der Waals surface area contributed by atoms with Gasteiger partial charge in [-0.15, -0.1) is 0 Å². The van der Waals surface area contributed by atoms with E-state index in [0.29, 0.717) is 18.4 Å². The second-order valence-corrected chi connectivity index (χ2v) is 8.27. The van der Waals surface area contributed by atoms with Gasteiger partial charge < -0.3 is 10.4 Å². The van der Waals surface area contributed by atoms with Gasteiger partial charge in [0.15, 0.2) is 9.84 Å². The number of carboxylic acids is 1. The molecule has 0 aliphatic rings. The van der Waals surface area contributed by atoms with Crippen molar-refractivity contribution in [3.05, 3.63) is 65.7 Å². The van der Waals surface area contributed by atoms with E-state index in [2.05, 4.69) is 5.32 Å². The third-order valence-corrected chi connectivity index (χ3v) is 5.80. The number of hydrogen-bond donors (Lipinski definition) is 2. The van der Waals surface area contributed by atoms with Gasteiger partial charge in [-0.05, 0) is 36.2 Å². The van der Waals surface area contributed by atoms with Crippen molar-refractivity contribution in [2.45, 2.75) is 42.9 Å². The topological polar surface area (TPSA) is 101 Å². The number of carbonyl (C=O) groups excluding carboxylic acids is 1. The van der Waals surface area contributed by atoms with E-state index in [9.17, 15) is 23.1 Å². The summed E-state index contributed by atoms with van der Waals surface area (Å²) in [6, 6.07) is 13.4. The molecule has 0 aliphatic heterocycles. The molecule has 0 bridgehead atoms. The number of aliphatic carboxylic acids is 1. The summed E-state index contributed by atoms with van der Waals surface area (Å²) in [7, 11) is -3.53. The fraction of sp³-hybridized carbons (Fsp3) is 0.300. The smallest absolute Gasteiger partial charge is 0.326 e. The summed E-state index contributed by atoms with van der Waals surface area (Å²) in [4.78, 5) is 23.9. The molecule has 0 fully saturated rings. The number of amides is 1. The first-order valence-electron chi connectivity index (χ1n) is 8.74. The van der Waals surface area contributed by atoms with Crippen LogP contribution in [0.15, 0.2) is 59.5 Å². The Hall–Kier alpha value is -2.67. The van der Waals surface area contributed by atoms with E-state index in [0.717, 1.165) is 6.42 Å². The Morgan fingerprint density at radius 2 is 1.78 bits per heavy atom. The van der Waals surface area contributed by atoms with Crippen LogP contribution in [0.25, 0.3) is 0 Å². The molecule has 144 valence electrons. The van der Waals surface area contributed by atoms with Gasteiger partial charge in [0, 0.05) is 5.56 Å². The highest BCUT2D eigenvalue weighted by molar-refractivity contribution is 7.90. The number of unbranched alkanes of at least 4 members (excludes halogenated alkanes) is 1. The van der Waals surface area contributed by atoms with Crippen LogP contribution in [0.5, 0.6) is 0 Å². The van der Waals surface area contributed by atoms with Crippen molar-refractivity contribution in [1.29, 1.82) is 0 Å². The van der Waals surface area contributed by atoms with Gasteiger partial charge in [0.05, 0.1) is 10.6 Å². The highest BCUT2D eigenvalue weighted by atomic mass is 32.2. The van der Waals surface area contributed by atoms with E-state index in [-0.39, 0.29) is 16.2 Å². The van der Waals surface area contributed by atoms with E-state index in [4.69, 9.17) is 0 Å². The molecule has 0 saturated heterocycles. The zero-order valence-corrected chi connectivity index (χ0v) is 15.9. The molecule has 2 rings (SSSR count). The van der Waals surface area contributed by atoms with Gasteiger partial charge in [-0.25, -0.2) is 13.2 Å². The van der Waals surface area contributed by atoms with Gasteiger partial charge in [-0.3, -0.25) is 4.79 Å². The van der Waals surface area contributed by atoms with E-state index in [1.807, 2.05) is 6.92 Å². The van der Waals surface area contributed by atoms with Gasteiger partial charge in [0.25, 0.3) is 5.91 Å². The second-order valence-electron chi connectivity index (χ2n) is 6.28. The molecule has 0 heterocycles. The van der Waals surface area contributed by atoms with Crippen molar-refractivity contribution >= 4 is 21.7 Å². The summed E-state index contributed by atoms with van der Waals surface area (Å²) >= 11 is 0. The summed E-state index contributed by atoms with van der Waals surface area (Å²) in [5.74, 6) is -1.85. The number of nitrogens with one attached hydrogen (secondary N) is 1. The quantitative estimate of drug-likeness (QED) is 0.686. The van der Waals surface area contributed by atoms with Crippen LogP contribution in [0.3, 0.4) is 0 Å². The molecule has 7 heteroatoms. The van der Waals surface area contributed by atoms with Crippen LogP contribution in [-0.4, -0.2) is 31.4 Å². The molecule has 2 aromatic rings. The van der Waals surface area contributed by atoms with Gasteiger partial charge in [-0.1, -0.05) is 50.1 Å². The number of carbonyl (C=O) groups is 2. The Morgan fingerprint density at radius 1 is 1.07 bits per heavy atom. The monoisotopic (exact) mass is 389 g/mol. The molecule has 0 unspecified atom stereocenters. The Kier molecular flexibility index (Phi) is 7.12. The van der Waals surface area contributed by atoms with Crippen molar-refractivity contribution in [3.8, 4) is 0 Å². The molecular weight excluding hydrogens is 366 g/mol. The molecule has 1 amide bonds. The molecule has 6 nitrogen and oxygen atoms in total. The van der Waals surface area contributed by atoms with Crippen LogP contribution >= 0.6 is 0 Å². The first-order chi connectivity index (χ1) is 12.8. The predicted molar refractivity (Wildman–Crippen MR) is 102 cm³/mol. The molecule has 0 aliphatic carbocycles. The van der Waals surface area contributed by atoms with Crippen molar-refractivity contribution in [3.63, 3.8) is 0 Å². The summed E-state index contributed by atoms with van der Waals surface area (Å²) in [5.41, 5.74) is 0.699. The molecular formula is C20H23NO5S. The van der Waals surface area contributed by atoms with Crippen LogP contribution in [-0.2, 0) is 20.4 Å². The van der Waals surface area contributed by atoms with E-state index < -0.39 is 27.8 Å². The van der Waals surface area contributed by atoms with Crippen LogP contribution in [0, 0.1) is 0 Å². The van der Waals surface area contributed by atoms with Gasteiger partial charge in [0.2, 0.25) is 0 Å². The maximum absolute atomic E-state index is 12.5. The predicted octanol–water partition coefficient (Wildman–Crippen LogP) is 3.03. The van der Waals surface area contributed by atoms with Crippen molar-refractivity contribution in [1.82, 2.24) is 5.32 Å². The lowest BCUT2D eigenvalue weighted by atomic mass is 10.1. The number of rotatable bonds is 9. The lowest BCUT2D eigenvalue weighted by Gasteiger charge is -2.14. The van der Waals surface area contributed by atoms with Crippen LogP contribution in [0.2, 0.25) is 0 Å². The number of benzene rings is 2. The zero-order valence-electron chi connectivity index (χ0n) is 15.1. The van der Waals surface area contributed by atoms with Crippen LogP contribution in [0.4, 0.5) is 0 Å². The summed E-state index contributed by atoms with van der Waals surface area (Å²) < 4.78 is 25.0. The summed E-state index contributed by atoms with van der Waals surface area (Å²) in [6.07, 6.45) is 1.86. The standard InChI is InChI=1S/C20H23NO5S/c1-2-3-12-18(20(23)24)21-19(22)16-9-7-8-15(13-16)14-27(25,26)17-10-5-4-6-11-17/h4-11,13,18H,2-3,12,14H2,1H3,(H,21,22)(H,23,24)/t18-/m0/s1. The average molecular weight is 389 g/mol. The number of sulfone groups is 1.